The van der Waals surface area contributed by atoms with Crippen LogP contribution in [0.1, 0.15) is 17.4 Å². The number of carbonyl (C=O) groups is 1. The second-order valence-electron chi connectivity index (χ2n) is 5.59. The number of carbonyl (C=O) groups excluding carboxylic acids is 1. The molecule has 0 aliphatic carbocycles. The molecule has 2 aromatic rings. The molecule has 1 aromatic carbocycles. The van der Waals surface area contributed by atoms with Gasteiger partial charge in [0.1, 0.15) is 11.4 Å². The van der Waals surface area contributed by atoms with Gasteiger partial charge < -0.3 is 19.9 Å². The lowest BCUT2D eigenvalue weighted by Gasteiger charge is -2.31. The van der Waals surface area contributed by atoms with Crippen LogP contribution < -0.4 is 10.1 Å². The third-order valence-electron chi connectivity index (χ3n) is 3.71. The summed E-state index contributed by atoms with van der Waals surface area (Å²) in [5, 5.41) is 3.91. The Morgan fingerprint density at radius 3 is 2.75 bits per heavy atom. The fourth-order valence-electron chi connectivity index (χ4n) is 2.71. The van der Waals surface area contributed by atoms with Crippen molar-refractivity contribution in [2.75, 3.05) is 19.6 Å². The van der Waals surface area contributed by atoms with Crippen LogP contribution in [0.2, 0.25) is 0 Å². The van der Waals surface area contributed by atoms with E-state index in [4.69, 9.17) is 0 Å². The predicted octanol–water partition coefficient (Wildman–Crippen LogP) is 2.92. The molecule has 3 rings (SSSR count). The van der Waals surface area contributed by atoms with E-state index in [0.29, 0.717) is 29.7 Å². The minimum atomic E-state index is -4.74. The van der Waals surface area contributed by atoms with Crippen molar-refractivity contribution in [1.29, 1.82) is 0 Å². The SMILES string of the molecule is C[C@@H]1CN(C(=O)c2cc3ccc(OC(F)(F)F)cc3[nH]2)CCN1.Cl. The van der Waals surface area contributed by atoms with E-state index in [1.54, 1.807) is 11.0 Å². The zero-order valence-electron chi connectivity index (χ0n) is 12.8. The van der Waals surface area contributed by atoms with Gasteiger partial charge in [-0.05, 0) is 25.1 Å². The number of amides is 1. The lowest BCUT2D eigenvalue weighted by atomic mass is 10.2. The van der Waals surface area contributed by atoms with E-state index in [2.05, 4.69) is 15.0 Å². The molecule has 2 N–H and O–H groups in total. The number of rotatable bonds is 2. The van der Waals surface area contributed by atoms with Gasteiger partial charge in [-0.15, -0.1) is 25.6 Å². The summed E-state index contributed by atoms with van der Waals surface area (Å²) in [6.45, 7) is 3.90. The van der Waals surface area contributed by atoms with Gasteiger partial charge in [0.05, 0.1) is 0 Å². The summed E-state index contributed by atoms with van der Waals surface area (Å²) in [5.74, 6) is -0.477. The molecule has 0 radical (unpaired) electrons. The fourth-order valence-corrected chi connectivity index (χ4v) is 2.71. The molecule has 0 saturated carbocycles. The highest BCUT2D eigenvalue weighted by atomic mass is 35.5. The zero-order valence-corrected chi connectivity index (χ0v) is 13.6. The summed E-state index contributed by atoms with van der Waals surface area (Å²) in [6, 6.07) is 5.81. The molecule has 1 fully saturated rings. The highest BCUT2D eigenvalue weighted by Crippen LogP contribution is 2.27. The molecule has 2 heterocycles. The summed E-state index contributed by atoms with van der Waals surface area (Å²) in [4.78, 5) is 17.1. The number of hydrogen-bond acceptors (Lipinski definition) is 3. The van der Waals surface area contributed by atoms with Crippen LogP contribution in [0.3, 0.4) is 0 Å². The number of halogens is 4. The van der Waals surface area contributed by atoms with Crippen molar-refractivity contribution in [1.82, 2.24) is 15.2 Å². The highest BCUT2D eigenvalue weighted by Gasteiger charge is 2.31. The molecule has 5 nitrogen and oxygen atoms in total. The number of nitrogens with zero attached hydrogens (tertiary/aromatic N) is 1. The Kier molecular flexibility index (Phi) is 5.29. The second kappa shape index (κ2) is 6.90. The van der Waals surface area contributed by atoms with Gasteiger partial charge in [-0.3, -0.25) is 4.79 Å². The van der Waals surface area contributed by atoms with Crippen molar-refractivity contribution in [3.8, 4) is 5.75 Å². The number of fused-ring (bicyclic) bond motifs is 1. The topological polar surface area (TPSA) is 57.4 Å². The van der Waals surface area contributed by atoms with Crippen molar-refractivity contribution in [2.45, 2.75) is 19.3 Å². The standard InChI is InChI=1S/C15H16F3N3O2.ClH/c1-9-8-21(5-4-19-9)14(22)13-6-10-2-3-11(7-12(10)20-13)23-15(16,17)18;/h2-3,6-7,9,19-20H,4-5,8H2,1H3;1H/t9-;/m1./s1. The lowest BCUT2D eigenvalue weighted by Crippen LogP contribution is -2.51. The van der Waals surface area contributed by atoms with Gasteiger partial charge in [-0.1, -0.05) is 0 Å². The van der Waals surface area contributed by atoms with Crippen molar-refractivity contribution < 1.29 is 22.7 Å². The molecule has 1 aromatic heterocycles. The van der Waals surface area contributed by atoms with Gasteiger partial charge >= 0.3 is 6.36 Å². The van der Waals surface area contributed by atoms with Crippen LogP contribution in [-0.4, -0.2) is 47.8 Å². The number of nitrogens with one attached hydrogen (secondary N) is 2. The van der Waals surface area contributed by atoms with Gasteiger partial charge in [0.25, 0.3) is 5.91 Å². The average Bonchev–Trinajstić information content (AvgIpc) is 2.88. The maximum absolute atomic E-state index is 12.5. The van der Waals surface area contributed by atoms with Crippen molar-refractivity contribution in [2.24, 2.45) is 0 Å². The number of aromatic amines is 1. The monoisotopic (exact) mass is 363 g/mol. The van der Waals surface area contributed by atoms with Gasteiger partial charge in [-0.25, -0.2) is 0 Å². The first-order chi connectivity index (χ1) is 10.8. The first-order valence-corrected chi connectivity index (χ1v) is 7.23. The molecule has 9 heteroatoms. The molecule has 0 spiro atoms. The van der Waals surface area contributed by atoms with Crippen molar-refractivity contribution >= 4 is 29.2 Å². The Hall–Kier alpha value is -1.93. The van der Waals surface area contributed by atoms with E-state index in [1.165, 1.54) is 18.2 Å². The van der Waals surface area contributed by atoms with Crippen LogP contribution in [-0.2, 0) is 0 Å². The normalized spacial score (nSPS) is 18.3. The van der Waals surface area contributed by atoms with Crippen LogP contribution in [0.25, 0.3) is 10.9 Å². The van der Waals surface area contributed by atoms with Crippen LogP contribution >= 0.6 is 12.4 Å². The molecule has 1 aliphatic heterocycles. The molecule has 1 amide bonds. The first kappa shape index (κ1) is 18.4. The Balaban J connectivity index is 0.00000208. The maximum atomic E-state index is 12.5. The predicted molar refractivity (Wildman–Crippen MR) is 85.6 cm³/mol. The van der Waals surface area contributed by atoms with Gasteiger partial charge in [0.2, 0.25) is 0 Å². The third-order valence-corrected chi connectivity index (χ3v) is 3.71. The van der Waals surface area contributed by atoms with E-state index in [9.17, 15) is 18.0 Å². The maximum Gasteiger partial charge on any atom is 0.573 e. The largest absolute Gasteiger partial charge is 0.573 e. The summed E-state index contributed by atoms with van der Waals surface area (Å²) >= 11 is 0. The van der Waals surface area contributed by atoms with Gasteiger partial charge in [0.15, 0.2) is 0 Å². The van der Waals surface area contributed by atoms with Crippen molar-refractivity contribution in [3.05, 3.63) is 30.0 Å². The van der Waals surface area contributed by atoms with Gasteiger partial charge in [0, 0.05) is 42.6 Å². The zero-order chi connectivity index (χ0) is 16.6. The van der Waals surface area contributed by atoms with E-state index in [0.717, 1.165) is 6.54 Å². The number of aromatic nitrogens is 1. The van der Waals surface area contributed by atoms with E-state index in [1.807, 2.05) is 6.92 Å². The Bertz CT molecular complexity index is 732. The molecular weight excluding hydrogens is 347 g/mol. The molecule has 24 heavy (non-hydrogen) atoms. The second-order valence-corrected chi connectivity index (χ2v) is 5.59. The molecule has 1 atom stereocenters. The minimum Gasteiger partial charge on any atom is -0.406 e. The summed E-state index contributed by atoms with van der Waals surface area (Å²) in [6.07, 6.45) is -4.74. The Morgan fingerprint density at radius 1 is 1.33 bits per heavy atom. The highest BCUT2D eigenvalue weighted by molar-refractivity contribution is 5.98. The summed E-state index contributed by atoms with van der Waals surface area (Å²) in [7, 11) is 0. The first-order valence-electron chi connectivity index (χ1n) is 7.23. The average molecular weight is 364 g/mol. The summed E-state index contributed by atoms with van der Waals surface area (Å²) in [5.41, 5.74) is 0.788. The summed E-state index contributed by atoms with van der Waals surface area (Å²) < 4.78 is 40.7. The molecule has 0 bridgehead atoms. The van der Waals surface area contributed by atoms with Crippen LogP contribution in [0, 0.1) is 0 Å². The van der Waals surface area contributed by atoms with E-state index in [-0.39, 0.29) is 30.1 Å². The van der Waals surface area contributed by atoms with E-state index >= 15 is 0 Å². The van der Waals surface area contributed by atoms with Crippen LogP contribution in [0.4, 0.5) is 13.2 Å². The van der Waals surface area contributed by atoms with Crippen molar-refractivity contribution in [3.63, 3.8) is 0 Å². The number of H-pyrrole nitrogens is 1. The molecule has 1 aliphatic rings. The number of ether oxygens (including phenoxy) is 1. The van der Waals surface area contributed by atoms with E-state index < -0.39 is 6.36 Å². The minimum absolute atomic E-state index is 0. The number of piperazine rings is 1. The number of benzene rings is 1. The molecule has 132 valence electrons. The smallest absolute Gasteiger partial charge is 0.406 e. The van der Waals surface area contributed by atoms with Crippen LogP contribution in [0.15, 0.2) is 24.3 Å². The fraction of sp³-hybridized carbons (Fsp3) is 0.400. The molecular formula is C15H17ClF3N3O2. The molecule has 0 unspecified atom stereocenters. The number of alkyl halides is 3. The Morgan fingerprint density at radius 2 is 2.08 bits per heavy atom. The Labute approximate surface area is 142 Å². The third kappa shape index (κ3) is 4.12. The lowest BCUT2D eigenvalue weighted by molar-refractivity contribution is -0.274. The van der Waals surface area contributed by atoms with Gasteiger partial charge in [-0.2, -0.15) is 0 Å². The number of hydrogen-bond donors (Lipinski definition) is 2. The molecule has 1 saturated heterocycles. The quantitative estimate of drug-likeness (QED) is 0.862. The van der Waals surface area contributed by atoms with Crippen LogP contribution in [0.5, 0.6) is 5.75 Å².